The van der Waals surface area contributed by atoms with Crippen molar-refractivity contribution >= 4 is 11.7 Å². The Kier molecular flexibility index (Phi) is 5.02. The first-order valence-corrected chi connectivity index (χ1v) is 9.38. The number of rotatable bonds is 3. The van der Waals surface area contributed by atoms with Crippen LogP contribution in [0.4, 0.5) is 14.9 Å². The van der Waals surface area contributed by atoms with Crippen molar-refractivity contribution in [1.29, 1.82) is 0 Å². The molecule has 0 spiro atoms. The zero-order valence-corrected chi connectivity index (χ0v) is 15.7. The normalized spacial score (nSPS) is 13.1. The third-order valence-electron chi connectivity index (χ3n) is 4.94. The summed E-state index contributed by atoms with van der Waals surface area (Å²) in [7, 11) is 0. The fourth-order valence-electron chi connectivity index (χ4n) is 3.25. The number of aromatic nitrogens is 2. The molecule has 2 amide bonds. The van der Waals surface area contributed by atoms with Gasteiger partial charge in [-0.25, -0.2) is 19.2 Å². The molecule has 0 saturated heterocycles. The molecule has 6 heteroatoms. The lowest BCUT2D eigenvalue weighted by atomic mass is 10.1. The van der Waals surface area contributed by atoms with Crippen LogP contribution in [0.25, 0.3) is 11.4 Å². The van der Waals surface area contributed by atoms with Gasteiger partial charge in [-0.15, -0.1) is 0 Å². The third kappa shape index (κ3) is 3.86. The molecule has 3 aromatic rings. The van der Waals surface area contributed by atoms with E-state index in [0.29, 0.717) is 25.3 Å². The smallest absolute Gasteiger partial charge is 0.320 e. The van der Waals surface area contributed by atoms with Gasteiger partial charge in [0.2, 0.25) is 0 Å². The lowest BCUT2D eigenvalue weighted by molar-refractivity contribution is 0.206. The number of amides is 2. The quantitative estimate of drug-likeness (QED) is 0.735. The molecule has 4 rings (SSSR count). The van der Waals surface area contributed by atoms with E-state index in [-0.39, 0.29) is 11.8 Å². The van der Waals surface area contributed by atoms with Gasteiger partial charge in [-0.3, -0.25) is 0 Å². The fourth-order valence-corrected chi connectivity index (χ4v) is 3.25. The van der Waals surface area contributed by atoms with Crippen molar-refractivity contribution < 1.29 is 9.18 Å². The highest BCUT2D eigenvalue weighted by molar-refractivity contribution is 5.89. The predicted molar refractivity (Wildman–Crippen MR) is 106 cm³/mol. The van der Waals surface area contributed by atoms with Gasteiger partial charge in [0, 0.05) is 36.0 Å². The SMILES string of the molecule is CCc1ccc(NC(=O)N2CCc3nc(-c4ccc(F)cc4)ncc3C2)cc1. The number of urea groups is 1. The van der Waals surface area contributed by atoms with Crippen LogP contribution in [0.2, 0.25) is 0 Å². The number of nitrogens with zero attached hydrogens (tertiary/aromatic N) is 3. The standard InChI is InChI=1S/C22H21FN4O/c1-2-15-3-9-19(10-4-15)25-22(28)27-12-11-20-17(14-27)13-24-21(26-20)16-5-7-18(23)8-6-16/h3-10,13H,2,11-12,14H2,1H3,(H,25,28). The largest absolute Gasteiger partial charge is 0.322 e. The minimum Gasteiger partial charge on any atom is -0.320 e. The summed E-state index contributed by atoms with van der Waals surface area (Å²) in [5.41, 5.74) is 4.68. The summed E-state index contributed by atoms with van der Waals surface area (Å²) >= 11 is 0. The molecule has 28 heavy (non-hydrogen) atoms. The predicted octanol–water partition coefficient (Wildman–Crippen LogP) is 4.44. The van der Waals surface area contributed by atoms with Crippen LogP contribution in [0.3, 0.4) is 0 Å². The van der Waals surface area contributed by atoms with Crippen LogP contribution in [0.1, 0.15) is 23.7 Å². The molecular weight excluding hydrogens is 355 g/mol. The second-order valence-corrected chi connectivity index (χ2v) is 6.82. The van der Waals surface area contributed by atoms with E-state index in [0.717, 1.165) is 28.9 Å². The van der Waals surface area contributed by atoms with Crippen LogP contribution in [0.15, 0.2) is 54.7 Å². The maximum absolute atomic E-state index is 13.1. The van der Waals surface area contributed by atoms with E-state index in [2.05, 4.69) is 22.2 Å². The first-order valence-electron chi connectivity index (χ1n) is 9.38. The lowest BCUT2D eigenvalue weighted by Crippen LogP contribution is -2.39. The van der Waals surface area contributed by atoms with E-state index in [1.807, 2.05) is 24.3 Å². The van der Waals surface area contributed by atoms with Crippen LogP contribution >= 0.6 is 0 Å². The Bertz CT molecular complexity index is 986. The third-order valence-corrected chi connectivity index (χ3v) is 4.94. The second-order valence-electron chi connectivity index (χ2n) is 6.82. The Morgan fingerprint density at radius 1 is 1.14 bits per heavy atom. The molecule has 0 radical (unpaired) electrons. The number of carbonyl (C=O) groups excluding carboxylic acids is 1. The number of carbonyl (C=O) groups is 1. The summed E-state index contributed by atoms with van der Waals surface area (Å²) in [6.07, 6.45) is 3.39. The van der Waals surface area contributed by atoms with Crippen LogP contribution in [0.5, 0.6) is 0 Å². The summed E-state index contributed by atoms with van der Waals surface area (Å²) in [5, 5.41) is 2.95. The van der Waals surface area contributed by atoms with E-state index in [4.69, 9.17) is 0 Å². The topological polar surface area (TPSA) is 58.1 Å². The summed E-state index contributed by atoms with van der Waals surface area (Å²) < 4.78 is 13.1. The number of aryl methyl sites for hydroxylation is 1. The molecule has 0 atom stereocenters. The molecule has 2 aromatic carbocycles. The van der Waals surface area contributed by atoms with Crippen molar-refractivity contribution in [2.45, 2.75) is 26.3 Å². The molecule has 1 aromatic heterocycles. The van der Waals surface area contributed by atoms with Gasteiger partial charge in [0.05, 0.1) is 12.2 Å². The molecular formula is C22H21FN4O. The van der Waals surface area contributed by atoms with Gasteiger partial charge < -0.3 is 10.2 Å². The van der Waals surface area contributed by atoms with Crippen molar-refractivity contribution in [3.63, 3.8) is 0 Å². The van der Waals surface area contributed by atoms with Gasteiger partial charge in [0.15, 0.2) is 5.82 Å². The van der Waals surface area contributed by atoms with Crippen LogP contribution in [0, 0.1) is 5.82 Å². The van der Waals surface area contributed by atoms with Crippen LogP contribution in [-0.4, -0.2) is 27.4 Å². The van der Waals surface area contributed by atoms with E-state index >= 15 is 0 Å². The van der Waals surface area contributed by atoms with Gasteiger partial charge in [-0.2, -0.15) is 0 Å². The molecule has 1 aliphatic rings. The number of halogens is 1. The van der Waals surface area contributed by atoms with Crippen molar-refractivity contribution in [3.8, 4) is 11.4 Å². The Labute approximate surface area is 163 Å². The molecule has 0 bridgehead atoms. The average Bonchev–Trinajstić information content (AvgIpc) is 2.74. The molecule has 0 unspecified atom stereocenters. The highest BCUT2D eigenvalue weighted by atomic mass is 19.1. The monoisotopic (exact) mass is 376 g/mol. The number of anilines is 1. The van der Waals surface area contributed by atoms with Gasteiger partial charge >= 0.3 is 6.03 Å². The molecule has 5 nitrogen and oxygen atoms in total. The molecule has 1 aliphatic heterocycles. The van der Waals surface area contributed by atoms with Crippen molar-refractivity contribution in [2.75, 3.05) is 11.9 Å². The number of hydrogen-bond donors (Lipinski definition) is 1. The maximum atomic E-state index is 13.1. The minimum atomic E-state index is -0.285. The molecule has 1 N–H and O–H groups in total. The second kappa shape index (κ2) is 7.76. The average molecular weight is 376 g/mol. The number of nitrogens with one attached hydrogen (secondary N) is 1. The van der Waals surface area contributed by atoms with Crippen LogP contribution < -0.4 is 5.32 Å². The highest BCUT2D eigenvalue weighted by Gasteiger charge is 2.22. The molecule has 0 fully saturated rings. The zero-order valence-electron chi connectivity index (χ0n) is 15.7. The highest BCUT2D eigenvalue weighted by Crippen LogP contribution is 2.22. The van der Waals surface area contributed by atoms with Crippen LogP contribution in [-0.2, 0) is 19.4 Å². The van der Waals surface area contributed by atoms with Gasteiger partial charge in [-0.1, -0.05) is 19.1 Å². The zero-order chi connectivity index (χ0) is 19.5. The van der Waals surface area contributed by atoms with Gasteiger partial charge in [0.25, 0.3) is 0 Å². The Morgan fingerprint density at radius 2 is 1.89 bits per heavy atom. The van der Waals surface area contributed by atoms with Gasteiger partial charge in [0.1, 0.15) is 5.82 Å². The summed E-state index contributed by atoms with van der Waals surface area (Å²) in [6, 6.07) is 13.9. The van der Waals surface area contributed by atoms with Crippen molar-refractivity contribution in [1.82, 2.24) is 14.9 Å². The van der Waals surface area contributed by atoms with Crippen molar-refractivity contribution in [2.24, 2.45) is 0 Å². The van der Waals surface area contributed by atoms with E-state index < -0.39 is 0 Å². The van der Waals surface area contributed by atoms with E-state index in [1.54, 1.807) is 23.2 Å². The summed E-state index contributed by atoms with van der Waals surface area (Å²) in [5.74, 6) is 0.292. The minimum absolute atomic E-state index is 0.127. The fraction of sp³-hybridized carbons (Fsp3) is 0.227. The number of hydrogen-bond acceptors (Lipinski definition) is 3. The molecule has 0 saturated carbocycles. The lowest BCUT2D eigenvalue weighted by Gasteiger charge is -2.28. The first-order chi connectivity index (χ1) is 13.6. The van der Waals surface area contributed by atoms with E-state index in [9.17, 15) is 9.18 Å². The van der Waals surface area contributed by atoms with Crippen molar-refractivity contribution in [3.05, 3.63) is 77.4 Å². The molecule has 2 heterocycles. The van der Waals surface area contributed by atoms with Gasteiger partial charge in [-0.05, 0) is 48.4 Å². The Morgan fingerprint density at radius 3 is 2.61 bits per heavy atom. The first kappa shape index (κ1) is 18.1. The molecule has 142 valence electrons. The summed E-state index contributed by atoms with van der Waals surface area (Å²) in [4.78, 5) is 23.4. The number of fused-ring (bicyclic) bond motifs is 1. The Hall–Kier alpha value is -3.28. The number of benzene rings is 2. The Balaban J connectivity index is 1.45. The maximum Gasteiger partial charge on any atom is 0.322 e. The van der Waals surface area contributed by atoms with E-state index in [1.165, 1.54) is 17.7 Å². The summed E-state index contributed by atoms with van der Waals surface area (Å²) in [6.45, 7) is 3.16. The molecule has 0 aliphatic carbocycles.